The summed E-state index contributed by atoms with van der Waals surface area (Å²) in [5.74, 6) is 0.864. The molecule has 0 spiro atoms. The highest BCUT2D eigenvalue weighted by Crippen LogP contribution is 2.55. The van der Waals surface area contributed by atoms with Crippen LogP contribution in [0.25, 0.3) is 10.8 Å². The van der Waals surface area contributed by atoms with E-state index in [4.69, 9.17) is 16.3 Å². The second-order valence-corrected chi connectivity index (χ2v) is 11.5. The Balaban J connectivity index is 1.16. The van der Waals surface area contributed by atoms with E-state index in [0.717, 1.165) is 54.8 Å². The first-order chi connectivity index (χ1) is 18.3. The Morgan fingerprint density at radius 2 is 2.03 bits per heavy atom. The first-order valence-electron chi connectivity index (χ1n) is 13.4. The summed E-state index contributed by atoms with van der Waals surface area (Å²) >= 11 is 6.69. The molecule has 38 heavy (non-hydrogen) atoms. The predicted molar refractivity (Wildman–Crippen MR) is 147 cm³/mol. The van der Waals surface area contributed by atoms with Gasteiger partial charge in [-0.1, -0.05) is 24.9 Å². The number of carbonyl (C=O) groups excluding carboxylic acids is 1. The lowest BCUT2D eigenvalue weighted by Gasteiger charge is -2.44. The van der Waals surface area contributed by atoms with Gasteiger partial charge in [-0.3, -0.25) is 14.4 Å². The zero-order valence-electron chi connectivity index (χ0n) is 22.0. The summed E-state index contributed by atoms with van der Waals surface area (Å²) in [7, 11) is 1.89. The molecule has 6 rings (SSSR count). The van der Waals surface area contributed by atoms with Gasteiger partial charge in [-0.2, -0.15) is 5.10 Å². The minimum atomic E-state index is -0.970. The molecule has 4 heterocycles. The van der Waals surface area contributed by atoms with Crippen LogP contribution in [-0.4, -0.2) is 76.7 Å². The molecule has 5 atom stereocenters. The molecule has 3 fully saturated rings. The van der Waals surface area contributed by atoms with Crippen LogP contribution in [-0.2, 0) is 16.6 Å². The van der Waals surface area contributed by atoms with E-state index in [2.05, 4.69) is 38.2 Å². The minimum Gasteiger partial charge on any atom is -0.376 e. The second kappa shape index (κ2) is 9.77. The molecule has 1 aromatic carbocycles. The van der Waals surface area contributed by atoms with Crippen molar-refractivity contribution in [1.29, 1.82) is 0 Å². The largest absolute Gasteiger partial charge is 0.376 e. The maximum atomic E-state index is 14.5. The van der Waals surface area contributed by atoms with Crippen molar-refractivity contribution < 1.29 is 13.9 Å². The number of halogens is 2. The standard InChI is InChI=1S/C28H34ClFN6O2/c1-4-19-25(21-5-6-34(3)33-21)26(19)27(37)32-24-13-17-12-22(20(29)11-18(17)14-31-24)35-7-9-36(10-8-35)28(2)16-38-15-23(28)30/h5-6,11-14,19,23,25-26H,4,7-10,15-16H2,1-3H3,(H,31,32,37)/t19-,23+,25+,26-,28-/m0/s1. The number of carbonyl (C=O) groups is 1. The smallest absolute Gasteiger partial charge is 0.229 e. The van der Waals surface area contributed by atoms with Crippen LogP contribution in [0, 0.1) is 11.8 Å². The average molecular weight is 541 g/mol. The number of fused-ring (bicyclic) bond motifs is 1. The summed E-state index contributed by atoms with van der Waals surface area (Å²) in [5, 5.41) is 10.1. The number of alkyl halides is 1. The highest BCUT2D eigenvalue weighted by Gasteiger charge is 2.55. The molecule has 0 bridgehead atoms. The third-order valence-electron chi connectivity index (χ3n) is 8.73. The Hall–Kier alpha value is -2.75. The molecular formula is C28H34ClFN6O2. The molecule has 1 saturated carbocycles. The van der Waals surface area contributed by atoms with Crippen molar-refractivity contribution in [1.82, 2.24) is 19.7 Å². The number of ether oxygens (including phenoxy) is 1. The summed E-state index contributed by atoms with van der Waals surface area (Å²) < 4.78 is 21.7. The number of benzene rings is 1. The zero-order valence-corrected chi connectivity index (χ0v) is 22.8. The van der Waals surface area contributed by atoms with Gasteiger partial charge < -0.3 is 15.0 Å². The monoisotopic (exact) mass is 540 g/mol. The fraction of sp³-hybridized carbons (Fsp3) is 0.536. The maximum absolute atomic E-state index is 14.5. The number of anilines is 2. The molecule has 2 saturated heterocycles. The Morgan fingerprint density at radius 1 is 1.24 bits per heavy atom. The Labute approximate surface area is 227 Å². The van der Waals surface area contributed by atoms with Crippen LogP contribution in [0.15, 0.2) is 36.7 Å². The molecule has 3 aliphatic rings. The fourth-order valence-corrected chi connectivity index (χ4v) is 6.61. The molecular weight excluding hydrogens is 507 g/mol. The molecule has 1 amide bonds. The number of aryl methyl sites for hydroxylation is 1. The molecule has 2 aromatic heterocycles. The number of amides is 1. The van der Waals surface area contributed by atoms with Crippen LogP contribution in [0.4, 0.5) is 15.9 Å². The van der Waals surface area contributed by atoms with Crippen LogP contribution < -0.4 is 10.2 Å². The lowest BCUT2D eigenvalue weighted by atomic mass is 9.96. The van der Waals surface area contributed by atoms with E-state index in [-0.39, 0.29) is 24.3 Å². The van der Waals surface area contributed by atoms with E-state index in [1.54, 1.807) is 10.9 Å². The fourth-order valence-electron chi connectivity index (χ4n) is 6.31. The first kappa shape index (κ1) is 25.5. The Morgan fingerprint density at radius 3 is 2.68 bits per heavy atom. The van der Waals surface area contributed by atoms with E-state index in [0.29, 0.717) is 23.4 Å². The van der Waals surface area contributed by atoms with Crippen molar-refractivity contribution in [2.45, 2.75) is 37.9 Å². The Bertz CT molecular complexity index is 1360. The molecule has 3 aromatic rings. The molecule has 10 heteroatoms. The van der Waals surface area contributed by atoms with Gasteiger partial charge in [-0.15, -0.1) is 0 Å². The van der Waals surface area contributed by atoms with Gasteiger partial charge in [0, 0.05) is 56.9 Å². The van der Waals surface area contributed by atoms with Gasteiger partial charge in [0.25, 0.3) is 0 Å². The summed E-state index contributed by atoms with van der Waals surface area (Å²) in [5.41, 5.74) is 1.35. The number of nitrogens with zero attached hydrogens (tertiary/aromatic N) is 5. The van der Waals surface area contributed by atoms with Crippen LogP contribution in [0.3, 0.4) is 0 Å². The molecule has 1 N–H and O–H groups in total. The highest BCUT2D eigenvalue weighted by atomic mass is 35.5. The summed E-state index contributed by atoms with van der Waals surface area (Å²) in [6.45, 7) is 7.64. The quantitative estimate of drug-likeness (QED) is 0.504. The first-order valence-corrected chi connectivity index (χ1v) is 13.8. The lowest BCUT2D eigenvalue weighted by Crippen LogP contribution is -2.59. The van der Waals surface area contributed by atoms with E-state index in [1.165, 1.54) is 0 Å². The van der Waals surface area contributed by atoms with Gasteiger partial charge in [0.2, 0.25) is 5.91 Å². The number of aromatic nitrogens is 3. The van der Waals surface area contributed by atoms with Crippen LogP contribution in [0.5, 0.6) is 0 Å². The average Bonchev–Trinajstić information content (AvgIpc) is 3.33. The number of nitrogens with one attached hydrogen (secondary N) is 1. The number of pyridine rings is 1. The number of hydrogen-bond donors (Lipinski definition) is 1. The van der Waals surface area contributed by atoms with Crippen molar-refractivity contribution in [3.63, 3.8) is 0 Å². The minimum absolute atomic E-state index is 0.0137. The second-order valence-electron chi connectivity index (χ2n) is 11.1. The van der Waals surface area contributed by atoms with E-state index < -0.39 is 11.7 Å². The van der Waals surface area contributed by atoms with Crippen molar-refractivity contribution in [3.8, 4) is 0 Å². The topological polar surface area (TPSA) is 75.5 Å². The molecule has 8 nitrogen and oxygen atoms in total. The van der Waals surface area contributed by atoms with Crippen LogP contribution >= 0.6 is 11.6 Å². The lowest BCUT2D eigenvalue weighted by molar-refractivity contribution is -0.117. The summed E-state index contributed by atoms with van der Waals surface area (Å²) in [4.78, 5) is 22.1. The van der Waals surface area contributed by atoms with E-state index in [9.17, 15) is 9.18 Å². The predicted octanol–water partition coefficient (Wildman–Crippen LogP) is 4.25. The zero-order chi connectivity index (χ0) is 26.6. The molecule has 202 valence electrons. The number of rotatable bonds is 6. The van der Waals surface area contributed by atoms with Crippen LogP contribution in [0.2, 0.25) is 5.02 Å². The van der Waals surface area contributed by atoms with Gasteiger partial charge in [-0.05, 0) is 42.5 Å². The normalized spacial score (nSPS) is 29.7. The summed E-state index contributed by atoms with van der Waals surface area (Å²) in [6, 6.07) is 7.89. The van der Waals surface area contributed by atoms with Crippen molar-refractivity contribution >= 4 is 39.8 Å². The Kier molecular flexibility index (Phi) is 6.56. The van der Waals surface area contributed by atoms with Gasteiger partial charge in [-0.25, -0.2) is 9.37 Å². The van der Waals surface area contributed by atoms with Gasteiger partial charge >= 0.3 is 0 Å². The highest BCUT2D eigenvalue weighted by molar-refractivity contribution is 6.34. The SMILES string of the molecule is CC[C@@H]1[C@H](C(=O)Nc2cc3cc(N4CCN([C@@]5(C)COC[C@H]5F)CC4)c(Cl)cc3cn2)[C@H]1c1ccn(C)n1. The third-order valence-corrected chi connectivity index (χ3v) is 9.04. The molecule has 2 aliphatic heterocycles. The van der Waals surface area contributed by atoms with Crippen LogP contribution in [0.1, 0.15) is 31.9 Å². The van der Waals surface area contributed by atoms with Crippen molar-refractivity contribution in [2.24, 2.45) is 18.9 Å². The van der Waals surface area contributed by atoms with E-state index >= 15 is 0 Å². The summed E-state index contributed by atoms with van der Waals surface area (Å²) in [6.07, 6.45) is 3.63. The molecule has 1 aliphatic carbocycles. The van der Waals surface area contributed by atoms with Gasteiger partial charge in [0.15, 0.2) is 0 Å². The molecule has 0 radical (unpaired) electrons. The van der Waals surface area contributed by atoms with E-state index in [1.807, 2.05) is 38.4 Å². The third kappa shape index (κ3) is 4.44. The number of hydrogen-bond acceptors (Lipinski definition) is 6. The van der Waals surface area contributed by atoms with Crippen molar-refractivity contribution in [2.75, 3.05) is 49.6 Å². The van der Waals surface area contributed by atoms with Gasteiger partial charge in [0.1, 0.15) is 12.0 Å². The molecule has 0 unspecified atom stereocenters. The van der Waals surface area contributed by atoms with Gasteiger partial charge in [0.05, 0.1) is 41.1 Å². The number of piperazine rings is 1. The van der Waals surface area contributed by atoms with Crippen molar-refractivity contribution in [3.05, 3.63) is 47.4 Å². The maximum Gasteiger partial charge on any atom is 0.229 e.